The molecule has 3 nitrogen and oxygen atoms in total. The zero-order chi connectivity index (χ0) is 14.3. The Morgan fingerprint density at radius 2 is 2.00 bits per heavy atom. The molecular weight excluding hydrogens is 279 g/mol. The molecule has 0 atom stereocenters. The lowest BCUT2D eigenvalue weighted by molar-refractivity contribution is 0.0986. The molecule has 0 bridgehead atoms. The third-order valence-corrected chi connectivity index (χ3v) is 3.76. The number of carbonyl (C=O) groups is 1. The molecule has 1 aliphatic heterocycles. The molecule has 20 heavy (non-hydrogen) atoms. The molecule has 0 saturated carbocycles. The molecule has 0 unspecified atom stereocenters. The molecule has 2 N–H and O–H groups in total. The van der Waals surface area contributed by atoms with Crippen LogP contribution in [-0.4, -0.2) is 12.5 Å². The summed E-state index contributed by atoms with van der Waals surface area (Å²) in [5.74, 6) is -1.07. The van der Waals surface area contributed by atoms with E-state index >= 15 is 0 Å². The van der Waals surface area contributed by atoms with Crippen molar-refractivity contribution in [2.75, 3.05) is 17.2 Å². The van der Waals surface area contributed by atoms with Gasteiger partial charge in [0.25, 0.3) is 5.91 Å². The highest BCUT2D eigenvalue weighted by molar-refractivity contribution is 6.34. The molecule has 102 valence electrons. The van der Waals surface area contributed by atoms with Crippen LogP contribution in [0.1, 0.15) is 15.9 Å². The quantitative estimate of drug-likeness (QED) is 0.819. The van der Waals surface area contributed by atoms with Crippen molar-refractivity contribution in [1.29, 1.82) is 0 Å². The van der Waals surface area contributed by atoms with Crippen molar-refractivity contribution in [3.05, 3.63) is 58.4 Å². The third-order valence-electron chi connectivity index (χ3n) is 3.45. The van der Waals surface area contributed by atoms with Crippen LogP contribution in [0, 0.1) is 5.82 Å². The molecule has 0 radical (unpaired) electrons. The Balaban J connectivity index is 2.07. The molecule has 0 aromatic heterocycles. The molecule has 1 heterocycles. The van der Waals surface area contributed by atoms with Gasteiger partial charge in [0.2, 0.25) is 0 Å². The zero-order valence-corrected chi connectivity index (χ0v) is 11.3. The Bertz CT molecular complexity index is 682. The summed E-state index contributed by atoms with van der Waals surface area (Å²) in [5, 5.41) is 0.109. The maximum atomic E-state index is 13.9. The van der Waals surface area contributed by atoms with E-state index in [9.17, 15) is 9.18 Å². The van der Waals surface area contributed by atoms with Crippen molar-refractivity contribution in [2.45, 2.75) is 6.42 Å². The minimum absolute atomic E-state index is 0.106. The zero-order valence-electron chi connectivity index (χ0n) is 10.6. The van der Waals surface area contributed by atoms with Gasteiger partial charge in [0, 0.05) is 6.54 Å². The van der Waals surface area contributed by atoms with Gasteiger partial charge in [-0.05, 0) is 30.2 Å². The van der Waals surface area contributed by atoms with Crippen LogP contribution in [0.2, 0.25) is 5.02 Å². The molecule has 1 amide bonds. The molecular formula is C15H12ClFN2O. The molecule has 0 fully saturated rings. The van der Waals surface area contributed by atoms with Gasteiger partial charge in [-0.25, -0.2) is 4.39 Å². The number of halogens is 2. The van der Waals surface area contributed by atoms with Crippen LogP contribution in [0.3, 0.4) is 0 Å². The Kier molecular flexibility index (Phi) is 3.10. The van der Waals surface area contributed by atoms with Crippen molar-refractivity contribution in [3.8, 4) is 0 Å². The van der Waals surface area contributed by atoms with Gasteiger partial charge in [0.05, 0.1) is 22.0 Å². The summed E-state index contributed by atoms with van der Waals surface area (Å²) in [7, 11) is 0. The Morgan fingerprint density at radius 3 is 2.75 bits per heavy atom. The number of anilines is 2. The van der Waals surface area contributed by atoms with Gasteiger partial charge in [-0.15, -0.1) is 0 Å². The fourth-order valence-corrected chi connectivity index (χ4v) is 2.77. The summed E-state index contributed by atoms with van der Waals surface area (Å²) < 4.78 is 13.9. The maximum absolute atomic E-state index is 13.9. The van der Waals surface area contributed by atoms with E-state index in [-0.39, 0.29) is 10.6 Å². The predicted octanol–water partition coefficient (Wildman–Crippen LogP) is 3.26. The van der Waals surface area contributed by atoms with E-state index in [1.54, 1.807) is 6.07 Å². The third kappa shape index (κ3) is 1.93. The number of nitrogen functional groups attached to an aromatic ring is 1. The number of rotatable bonds is 1. The number of hydrogen-bond acceptors (Lipinski definition) is 2. The second kappa shape index (κ2) is 4.80. The molecule has 0 aliphatic carbocycles. The lowest BCUT2D eigenvalue weighted by Gasteiger charge is -2.19. The SMILES string of the molecule is Nc1cccc2c1N(C(=O)c1c(F)cccc1Cl)CC2. The number of amides is 1. The monoisotopic (exact) mass is 290 g/mol. The number of benzene rings is 2. The van der Waals surface area contributed by atoms with Crippen molar-refractivity contribution < 1.29 is 9.18 Å². The lowest BCUT2D eigenvalue weighted by Crippen LogP contribution is -2.30. The highest BCUT2D eigenvalue weighted by atomic mass is 35.5. The molecule has 0 spiro atoms. The second-order valence-corrected chi connectivity index (χ2v) is 5.07. The molecule has 2 aromatic rings. The van der Waals surface area contributed by atoms with Gasteiger partial charge in [-0.1, -0.05) is 29.8 Å². The number of nitrogens with zero attached hydrogens (tertiary/aromatic N) is 1. The average Bonchev–Trinajstić information content (AvgIpc) is 2.83. The Hall–Kier alpha value is -2.07. The summed E-state index contributed by atoms with van der Waals surface area (Å²) >= 11 is 5.95. The van der Waals surface area contributed by atoms with E-state index in [0.29, 0.717) is 24.3 Å². The van der Waals surface area contributed by atoms with Crippen LogP contribution < -0.4 is 10.6 Å². The number of nitrogens with two attached hydrogens (primary N) is 1. The molecule has 0 saturated heterocycles. The average molecular weight is 291 g/mol. The number of carbonyl (C=O) groups excluding carboxylic acids is 1. The van der Waals surface area contributed by atoms with E-state index in [0.717, 1.165) is 5.56 Å². The van der Waals surface area contributed by atoms with E-state index in [1.165, 1.54) is 23.1 Å². The summed E-state index contributed by atoms with van der Waals surface area (Å²) in [6.45, 7) is 0.479. The highest BCUT2D eigenvalue weighted by Gasteiger charge is 2.30. The van der Waals surface area contributed by atoms with Gasteiger partial charge < -0.3 is 10.6 Å². The predicted molar refractivity (Wildman–Crippen MR) is 77.6 cm³/mol. The lowest BCUT2D eigenvalue weighted by atomic mass is 10.1. The molecule has 3 rings (SSSR count). The van der Waals surface area contributed by atoms with Gasteiger partial charge in [-0.2, -0.15) is 0 Å². The summed E-state index contributed by atoms with van der Waals surface area (Å²) in [4.78, 5) is 14.0. The molecule has 5 heteroatoms. The first kappa shape index (κ1) is 12.9. The fourth-order valence-electron chi connectivity index (χ4n) is 2.53. The largest absolute Gasteiger partial charge is 0.397 e. The Labute approximate surface area is 120 Å². The minimum Gasteiger partial charge on any atom is -0.397 e. The first-order valence-corrected chi connectivity index (χ1v) is 6.60. The summed E-state index contributed by atoms with van der Waals surface area (Å²) in [5.41, 5.74) is 8.00. The van der Waals surface area contributed by atoms with Gasteiger partial charge in [0.1, 0.15) is 5.82 Å². The van der Waals surface area contributed by atoms with Crippen LogP contribution in [0.15, 0.2) is 36.4 Å². The first-order valence-electron chi connectivity index (χ1n) is 6.23. The van der Waals surface area contributed by atoms with Gasteiger partial charge in [0.15, 0.2) is 0 Å². The molecule has 1 aliphatic rings. The smallest absolute Gasteiger partial charge is 0.262 e. The Morgan fingerprint density at radius 1 is 1.25 bits per heavy atom. The maximum Gasteiger partial charge on any atom is 0.262 e. The standard InChI is InChI=1S/C15H12ClFN2O/c16-10-4-2-5-11(17)13(10)15(20)19-8-7-9-3-1-6-12(18)14(9)19/h1-6H,7-8,18H2. The van der Waals surface area contributed by atoms with E-state index in [1.807, 2.05) is 12.1 Å². The highest BCUT2D eigenvalue weighted by Crippen LogP contribution is 2.35. The van der Waals surface area contributed by atoms with E-state index in [2.05, 4.69) is 0 Å². The first-order chi connectivity index (χ1) is 9.59. The second-order valence-electron chi connectivity index (χ2n) is 4.66. The van der Waals surface area contributed by atoms with Crippen LogP contribution in [0.25, 0.3) is 0 Å². The van der Waals surface area contributed by atoms with Crippen molar-refractivity contribution in [3.63, 3.8) is 0 Å². The van der Waals surface area contributed by atoms with Crippen LogP contribution in [0.4, 0.5) is 15.8 Å². The number of hydrogen-bond donors (Lipinski definition) is 1. The summed E-state index contributed by atoms with van der Waals surface area (Å²) in [6.07, 6.45) is 0.707. The topological polar surface area (TPSA) is 46.3 Å². The fraction of sp³-hybridized carbons (Fsp3) is 0.133. The normalized spacial score (nSPS) is 13.4. The number of para-hydroxylation sites is 1. The van der Waals surface area contributed by atoms with Gasteiger partial charge >= 0.3 is 0 Å². The van der Waals surface area contributed by atoms with E-state index < -0.39 is 11.7 Å². The van der Waals surface area contributed by atoms with E-state index in [4.69, 9.17) is 17.3 Å². The van der Waals surface area contributed by atoms with Crippen LogP contribution in [-0.2, 0) is 6.42 Å². The molecule has 2 aromatic carbocycles. The summed E-state index contributed by atoms with van der Waals surface area (Å²) in [6, 6.07) is 9.70. The van der Waals surface area contributed by atoms with Crippen molar-refractivity contribution in [2.24, 2.45) is 0 Å². The van der Waals surface area contributed by atoms with Gasteiger partial charge in [-0.3, -0.25) is 4.79 Å². The van der Waals surface area contributed by atoms with Crippen LogP contribution >= 0.6 is 11.6 Å². The minimum atomic E-state index is -0.620. The van der Waals surface area contributed by atoms with Crippen molar-refractivity contribution >= 4 is 28.9 Å². The number of fused-ring (bicyclic) bond motifs is 1. The van der Waals surface area contributed by atoms with Crippen molar-refractivity contribution in [1.82, 2.24) is 0 Å². The van der Waals surface area contributed by atoms with Crippen LogP contribution in [0.5, 0.6) is 0 Å².